The number of likely N-dealkylation sites (tertiary alicyclic amines) is 1. The number of benzene rings is 1. The number of nitrogens with zero attached hydrogens (tertiary/aromatic N) is 2. The monoisotopic (exact) mass is 390 g/mol. The Balaban J connectivity index is 2.01. The lowest BCUT2D eigenvalue weighted by Gasteiger charge is -2.28. The van der Waals surface area contributed by atoms with Gasteiger partial charge in [-0.2, -0.15) is 0 Å². The Kier molecular flexibility index (Phi) is 10.8. The van der Waals surface area contributed by atoms with Crippen molar-refractivity contribution < 1.29 is 9.47 Å². The van der Waals surface area contributed by atoms with Crippen LogP contribution in [-0.4, -0.2) is 63.9 Å². The first-order valence-electron chi connectivity index (χ1n) is 10.8. The molecule has 0 amide bonds. The Labute approximate surface area is 170 Å². The topological polar surface area (TPSA) is 58.1 Å². The molecule has 2 rings (SSSR count). The van der Waals surface area contributed by atoms with Gasteiger partial charge in [0.1, 0.15) is 5.75 Å². The molecular weight excluding hydrogens is 352 g/mol. The van der Waals surface area contributed by atoms with Crippen molar-refractivity contribution in [1.29, 1.82) is 0 Å². The fourth-order valence-corrected chi connectivity index (χ4v) is 3.61. The molecule has 1 atom stereocenters. The number of methoxy groups -OCH3 is 1. The fourth-order valence-electron chi connectivity index (χ4n) is 3.61. The van der Waals surface area contributed by atoms with E-state index in [0.29, 0.717) is 6.54 Å². The second-order valence-corrected chi connectivity index (χ2v) is 7.05. The van der Waals surface area contributed by atoms with Gasteiger partial charge in [0.2, 0.25) is 0 Å². The first-order chi connectivity index (χ1) is 13.8. The van der Waals surface area contributed by atoms with Crippen molar-refractivity contribution in [2.45, 2.75) is 45.6 Å². The predicted molar refractivity (Wildman–Crippen MR) is 116 cm³/mol. The van der Waals surface area contributed by atoms with Crippen LogP contribution in [0.4, 0.5) is 0 Å². The summed E-state index contributed by atoms with van der Waals surface area (Å²) < 4.78 is 11.0. The highest BCUT2D eigenvalue weighted by Crippen LogP contribution is 2.31. The van der Waals surface area contributed by atoms with Gasteiger partial charge >= 0.3 is 0 Å². The number of unbranched alkanes of at least 4 members (excludes halogenated alkanes) is 1. The van der Waals surface area contributed by atoms with Gasteiger partial charge in [-0.3, -0.25) is 9.89 Å². The number of hydrogen-bond donors (Lipinski definition) is 2. The van der Waals surface area contributed by atoms with Crippen LogP contribution >= 0.6 is 0 Å². The maximum Gasteiger partial charge on any atom is 0.191 e. The lowest BCUT2D eigenvalue weighted by Crippen LogP contribution is -2.39. The molecular formula is C22H38N4O2. The zero-order valence-electron chi connectivity index (χ0n) is 17.9. The standard InChI is InChI=1S/C22H38N4O2/c1-4-23-22(24-14-8-11-17-28-5-2)25-18-20(26-15-9-10-16-26)19-12-6-7-13-21(19)27-3/h6-7,12-13,20H,4-5,8-11,14-18H2,1-3H3,(H2,23,24,25). The molecule has 0 aromatic heterocycles. The molecule has 28 heavy (non-hydrogen) atoms. The van der Waals surface area contributed by atoms with Crippen LogP contribution in [0.15, 0.2) is 29.3 Å². The lowest BCUT2D eigenvalue weighted by atomic mass is 10.0. The van der Waals surface area contributed by atoms with Crippen molar-refractivity contribution in [3.63, 3.8) is 0 Å². The first-order valence-corrected chi connectivity index (χ1v) is 10.8. The van der Waals surface area contributed by atoms with Crippen LogP contribution in [0.5, 0.6) is 5.75 Å². The third-order valence-electron chi connectivity index (χ3n) is 5.06. The molecule has 1 unspecified atom stereocenters. The van der Waals surface area contributed by atoms with Crippen LogP contribution in [0.25, 0.3) is 0 Å². The number of guanidine groups is 1. The van der Waals surface area contributed by atoms with Gasteiger partial charge < -0.3 is 20.1 Å². The van der Waals surface area contributed by atoms with Gasteiger partial charge in [0.15, 0.2) is 5.96 Å². The minimum atomic E-state index is 0.243. The van der Waals surface area contributed by atoms with Crippen LogP contribution in [0, 0.1) is 0 Å². The summed E-state index contributed by atoms with van der Waals surface area (Å²) >= 11 is 0. The zero-order chi connectivity index (χ0) is 20.0. The van der Waals surface area contributed by atoms with Crippen molar-refractivity contribution in [1.82, 2.24) is 15.5 Å². The molecule has 0 aliphatic carbocycles. The van der Waals surface area contributed by atoms with Crippen LogP contribution < -0.4 is 15.4 Å². The molecule has 1 aliphatic rings. The molecule has 1 saturated heterocycles. The molecule has 0 saturated carbocycles. The molecule has 0 bridgehead atoms. The summed E-state index contributed by atoms with van der Waals surface area (Å²) in [5.74, 6) is 1.83. The van der Waals surface area contributed by atoms with Crippen molar-refractivity contribution in [2.24, 2.45) is 4.99 Å². The van der Waals surface area contributed by atoms with Crippen molar-refractivity contribution in [2.75, 3.05) is 53.0 Å². The second kappa shape index (κ2) is 13.4. The number of aliphatic imine (C=N–C) groups is 1. The van der Waals surface area contributed by atoms with Gasteiger partial charge in [-0.1, -0.05) is 18.2 Å². The summed E-state index contributed by atoms with van der Waals surface area (Å²) in [5, 5.41) is 6.83. The van der Waals surface area contributed by atoms with Crippen molar-refractivity contribution in [3.05, 3.63) is 29.8 Å². The highest BCUT2D eigenvalue weighted by Gasteiger charge is 2.25. The Morgan fingerprint density at radius 2 is 1.93 bits per heavy atom. The number of para-hydroxylation sites is 1. The normalized spacial score (nSPS) is 16.2. The minimum Gasteiger partial charge on any atom is -0.496 e. The van der Waals surface area contributed by atoms with E-state index in [1.165, 1.54) is 18.4 Å². The number of ether oxygens (including phenoxy) is 2. The fraction of sp³-hybridized carbons (Fsp3) is 0.682. The summed E-state index contributed by atoms with van der Waals surface area (Å²) in [6, 6.07) is 8.58. The van der Waals surface area contributed by atoms with Crippen molar-refractivity contribution >= 4 is 5.96 Å². The van der Waals surface area contributed by atoms with Gasteiger partial charge in [-0.15, -0.1) is 0 Å². The molecule has 1 heterocycles. The second-order valence-electron chi connectivity index (χ2n) is 7.05. The van der Waals surface area contributed by atoms with E-state index in [-0.39, 0.29) is 6.04 Å². The van der Waals surface area contributed by atoms with Crippen molar-refractivity contribution in [3.8, 4) is 5.75 Å². The highest BCUT2D eigenvalue weighted by molar-refractivity contribution is 5.79. The van der Waals surface area contributed by atoms with Gasteiger partial charge in [-0.05, 0) is 58.7 Å². The predicted octanol–water partition coefficient (Wildman–Crippen LogP) is 3.20. The number of hydrogen-bond acceptors (Lipinski definition) is 4. The molecule has 1 fully saturated rings. The van der Waals surface area contributed by atoms with E-state index < -0.39 is 0 Å². The molecule has 0 spiro atoms. The Hall–Kier alpha value is -1.79. The Morgan fingerprint density at radius 1 is 1.14 bits per heavy atom. The molecule has 1 aromatic rings. The average molecular weight is 391 g/mol. The average Bonchev–Trinajstić information content (AvgIpc) is 3.25. The molecule has 1 aromatic carbocycles. The molecule has 0 radical (unpaired) electrons. The van der Waals surface area contributed by atoms with Crippen LogP contribution in [0.2, 0.25) is 0 Å². The summed E-state index contributed by atoms with van der Waals surface area (Å²) in [7, 11) is 1.75. The van der Waals surface area contributed by atoms with E-state index in [9.17, 15) is 0 Å². The summed E-state index contributed by atoms with van der Waals surface area (Å²) in [6.07, 6.45) is 4.66. The van der Waals surface area contributed by atoms with Crippen LogP contribution in [0.1, 0.15) is 51.1 Å². The van der Waals surface area contributed by atoms with E-state index in [1.807, 2.05) is 19.1 Å². The quantitative estimate of drug-likeness (QED) is 0.326. The molecule has 158 valence electrons. The van der Waals surface area contributed by atoms with Gasteiger partial charge in [0.25, 0.3) is 0 Å². The van der Waals surface area contributed by atoms with E-state index in [0.717, 1.165) is 63.9 Å². The lowest BCUT2D eigenvalue weighted by molar-refractivity contribution is 0.143. The zero-order valence-corrected chi connectivity index (χ0v) is 17.9. The molecule has 6 nitrogen and oxygen atoms in total. The summed E-state index contributed by atoms with van der Waals surface area (Å²) in [6.45, 7) is 10.5. The van der Waals surface area contributed by atoms with E-state index in [2.05, 4.69) is 34.6 Å². The highest BCUT2D eigenvalue weighted by atomic mass is 16.5. The Morgan fingerprint density at radius 3 is 2.64 bits per heavy atom. The smallest absolute Gasteiger partial charge is 0.191 e. The maximum atomic E-state index is 5.63. The third kappa shape index (κ3) is 7.32. The Bertz CT molecular complexity index is 573. The van der Waals surface area contributed by atoms with Crippen LogP contribution in [-0.2, 0) is 4.74 Å². The molecule has 2 N–H and O–H groups in total. The summed E-state index contributed by atoms with van der Waals surface area (Å²) in [4.78, 5) is 7.44. The number of rotatable bonds is 12. The van der Waals surface area contributed by atoms with Crippen LogP contribution in [0.3, 0.4) is 0 Å². The van der Waals surface area contributed by atoms with E-state index >= 15 is 0 Å². The minimum absolute atomic E-state index is 0.243. The number of nitrogens with one attached hydrogen (secondary N) is 2. The molecule has 6 heteroatoms. The molecule has 1 aliphatic heterocycles. The maximum absolute atomic E-state index is 5.63. The summed E-state index contributed by atoms with van der Waals surface area (Å²) in [5.41, 5.74) is 1.23. The SMILES string of the molecule is CCNC(=NCC(c1ccccc1OC)N1CCCC1)NCCCCOCC. The first kappa shape index (κ1) is 22.5. The third-order valence-corrected chi connectivity index (χ3v) is 5.06. The van der Waals surface area contributed by atoms with Gasteiger partial charge in [0.05, 0.1) is 19.7 Å². The van der Waals surface area contributed by atoms with Gasteiger partial charge in [0, 0.05) is 31.9 Å². The van der Waals surface area contributed by atoms with E-state index in [1.54, 1.807) is 7.11 Å². The van der Waals surface area contributed by atoms with Gasteiger partial charge in [-0.25, -0.2) is 0 Å². The largest absolute Gasteiger partial charge is 0.496 e. The van der Waals surface area contributed by atoms with E-state index in [4.69, 9.17) is 14.5 Å².